The summed E-state index contributed by atoms with van der Waals surface area (Å²) < 4.78 is 0. The van der Waals surface area contributed by atoms with E-state index in [0.29, 0.717) is 5.41 Å². The second-order valence-corrected chi connectivity index (χ2v) is 4.94. The van der Waals surface area contributed by atoms with Crippen LogP contribution in [-0.4, -0.2) is 13.1 Å². The molecule has 0 amide bonds. The maximum absolute atomic E-state index is 3.48. The fraction of sp³-hybridized carbons (Fsp3) is 1.00. The summed E-state index contributed by atoms with van der Waals surface area (Å²) in [4.78, 5) is 0. The Bertz CT molecular complexity index is 148. The minimum atomic E-state index is 0.700. The normalized spacial score (nSPS) is 49.6. The standard InChI is InChI=1S/C10H19N/c1-3-9(2)6-10(7-9)4-5-11-8-10/h11H,3-8H2,1-2H3. The van der Waals surface area contributed by atoms with Gasteiger partial charge in [-0.25, -0.2) is 0 Å². The van der Waals surface area contributed by atoms with Crippen LogP contribution in [0.2, 0.25) is 0 Å². The third kappa shape index (κ3) is 1.10. The molecule has 64 valence electrons. The van der Waals surface area contributed by atoms with E-state index in [2.05, 4.69) is 19.2 Å². The first-order chi connectivity index (χ1) is 5.18. The van der Waals surface area contributed by atoms with E-state index < -0.39 is 0 Å². The van der Waals surface area contributed by atoms with Gasteiger partial charge in [0, 0.05) is 6.54 Å². The number of hydrogen-bond acceptors (Lipinski definition) is 1. The van der Waals surface area contributed by atoms with E-state index in [0.717, 1.165) is 5.41 Å². The maximum Gasteiger partial charge on any atom is 0.000869 e. The molecule has 0 aromatic rings. The molecule has 1 aliphatic heterocycles. The molecule has 2 fully saturated rings. The highest BCUT2D eigenvalue weighted by Crippen LogP contribution is 2.58. The van der Waals surface area contributed by atoms with Crippen molar-refractivity contribution in [2.45, 2.75) is 39.5 Å². The number of rotatable bonds is 1. The first kappa shape index (κ1) is 7.60. The quantitative estimate of drug-likeness (QED) is 0.609. The highest BCUT2D eigenvalue weighted by molar-refractivity contribution is 5.04. The van der Waals surface area contributed by atoms with E-state index in [9.17, 15) is 0 Å². The van der Waals surface area contributed by atoms with E-state index in [1.54, 1.807) is 0 Å². The Balaban J connectivity index is 1.95. The van der Waals surface area contributed by atoms with E-state index in [-0.39, 0.29) is 0 Å². The molecule has 2 aliphatic rings. The van der Waals surface area contributed by atoms with Gasteiger partial charge in [-0.2, -0.15) is 0 Å². The maximum atomic E-state index is 3.48. The summed E-state index contributed by atoms with van der Waals surface area (Å²) in [5.41, 5.74) is 1.44. The molecule has 1 spiro atoms. The van der Waals surface area contributed by atoms with Gasteiger partial charge in [0.25, 0.3) is 0 Å². The van der Waals surface area contributed by atoms with Crippen LogP contribution in [0.3, 0.4) is 0 Å². The average molecular weight is 153 g/mol. The molecule has 1 N–H and O–H groups in total. The van der Waals surface area contributed by atoms with Gasteiger partial charge in [-0.05, 0) is 36.6 Å². The van der Waals surface area contributed by atoms with Crippen LogP contribution in [0.25, 0.3) is 0 Å². The van der Waals surface area contributed by atoms with Gasteiger partial charge < -0.3 is 5.32 Å². The molecule has 0 unspecified atom stereocenters. The number of nitrogens with one attached hydrogen (secondary N) is 1. The Morgan fingerprint density at radius 3 is 2.55 bits per heavy atom. The second-order valence-electron chi connectivity index (χ2n) is 4.94. The molecule has 1 aliphatic carbocycles. The van der Waals surface area contributed by atoms with Gasteiger partial charge in [0.05, 0.1) is 0 Å². The van der Waals surface area contributed by atoms with Gasteiger partial charge in [0.2, 0.25) is 0 Å². The zero-order valence-electron chi connectivity index (χ0n) is 7.74. The summed E-state index contributed by atoms with van der Waals surface area (Å²) in [5, 5.41) is 3.48. The average Bonchev–Trinajstić information content (AvgIpc) is 2.35. The Hall–Kier alpha value is -0.0400. The van der Waals surface area contributed by atoms with Crippen molar-refractivity contribution >= 4 is 0 Å². The topological polar surface area (TPSA) is 12.0 Å². The Labute approximate surface area is 69.6 Å². The molecule has 0 radical (unpaired) electrons. The van der Waals surface area contributed by atoms with Crippen LogP contribution in [0, 0.1) is 10.8 Å². The second kappa shape index (κ2) is 2.22. The van der Waals surface area contributed by atoms with E-state index >= 15 is 0 Å². The van der Waals surface area contributed by atoms with Crippen molar-refractivity contribution < 1.29 is 0 Å². The van der Waals surface area contributed by atoms with Crippen LogP contribution in [0.4, 0.5) is 0 Å². The van der Waals surface area contributed by atoms with Crippen LogP contribution < -0.4 is 5.32 Å². The first-order valence-electron chi connectivity index (χ1n) is 4.89. The van der Waals surface area contributed by atoms with E-state index in [1.165, 1.54) is 38.8 Å². The SMILES string of the molecule is CCC1(C)CC2(CCNC2)C1. The van der Waals surface area contributed by atoms with Gasteiger partial charge in [0.1, 0.15) is 0 Å². The molecule has 1 saturated heterocycles. The molecule has 0 aromatic carbocycles. The highest BCUT2D eigenvalue weighted by atomic mass is 14.9. The van der Waals surface area contributed by atoms with Gasteiger partial charge in [-0.1, -0.05) is 20.3 Å². The van der Waals surface area contributed by atoms with Crippen LogP contribution in [0.15, 0.2) is 0 Å². The predicted octanol–water partition coefficient (Wildman–Crippen LogP) is 2.18. The van der Waals surface area contributed by atoms with Gasteiger partial charge in [-0.3, -0.25) is 0 Å². The predicted molar refractivity (Wildman–Crippen MR) is 47.6 cm³/mol. The minimum Gasteiger partial charge on any atom is -0.316 e. The summed E-state index contributed by atoms with van der Waals surface area (Å²) in [6, 6.07) is 0. The Morgan fingerprint density at radius 2 is 2.09 bits per heavy atom. The summed E-state index contributed by atoms with van der Waals surface area (Å²) in [6.07, 6.45) is 5.75. The van der Waals surface area contributed by atoms with Crippen LogP contribution in [0.5, 0.6) is 0 Å². The van der Waals surface area contributed by atoms with Gasteiger partial charge >= 0.3 is 0 Å². The third-order valence-electron chi connectivity index (χ3n) is 3.79. The fourth-order valence-corrected chi connectivity index (χ4v) is 3.11. The van der Waals surface area contributed by atoms with Crippen LogP contribution in [-0.2, 0) is 0 Å². The fourth-order valence-electron chi connectivity index (χ4n) is 3.11. The van der Waals surface area contributed by atoms with Crippen molar-refractivity contribution in [1.82, 2.24) is 5.32 Å². The van der Waals surface area contributed by atoms with E-state index in [4.69, 9.17) is 0 Å². The van der Waals surface area contributed by atoms with Crippen molar-refractivity contribution in [3.8, 4) is 0 Å². The molecule has 1 heterocycles. The lowest BCUT2D eigenvalue weighted by Crippen LogP contribution is -2.45. The van der Waals surface area contributed by atoms with Crippen molar-refractivity contribution in [2.75, 3.05) is 13.1 Å². The Morgan fingerprint density at radius 1 is 1.36 bits per heavy atom. The zero-order valence-corrected chi connectivity index (χ0v) is 7.74. The van der Waals surface area contributed by atoms with Gasteiger partial charge in [0.15, 0.2) is 0 Å². The van der Waals surface area contributed by atoms with Crippen LogP contribution in [0.1, 0.15) is 39.5 Å². The summed E-state index contributed by atoms with van der Waals surface area (Å²) in [5.74, 6) is 0. The molecule has 0 atom stereocenters. The molecule has 1 nitrogen and oxygen atoms in total. The minimum absolute atomic E-state index is 0.700. The smallest absolute Gasteiger partial charge is 0.000869 e. The summed E-state index contributed by atoms with van der Waals surface area (Å²) >= 11 is 0. The monoisotopic (exact) mass is 153 g/mol. The largest absolute Gasteiger partial charge is 0.316 e. The highest BCUT2D eigenvalue weighted by Gasteiger charge is 2.51. The van der Waals surface area contributed by atoms with Crippen molar-refractivity contribution in [3.63, 3.8) is 0 Å². The number of hydrogen-bond donors (Lipinski definition) is 1. The third-order valence-corrected chi connectivity index (χ3v) is 3.79. The summed E-state index contributed by atoms with van der Waals surface area (Å²) in [6.45, 7) is 7.33. The lowest BCUT2D eigenvalue weighted by atomic mass is 9.52. The molecule has 0 bridgehead atoms. The van der Waals surface area contributed by atoms with Crippen LogP contribution >= 0.6 is 0 Å². The van der Waals surface area contributed by atoms with Crippen molar-refractivity contribution in [2.24, 2.45) is 10.8 Å². The molecule has 1 heteroatoms. The van der Waals surface area contributed by atoms with Crippen molar-refractivity contribution in [1.29, 1.82) is 0 Å². The van der Waals surface area contributed by atoms with E-state index in [1.807, 2.05) is 0 Å². The Kier molecular flexibility index (Phi) is 1.54. The lowest BCUT2D eigenvalue weighted by molar-refractivity contribution is -0.0137. The first-order valence-corrected chi connectivity index (χ1v) is 4.89. The molecule has 2 rings (SSSR count). The summed E-state index contributed by atoms with van der Waals surface area (Å²) in [7, 11) is 0. The molecule has 0 aromatic heterocycles. The molecular weight excluding hydrogens is 134 g/mol. The molecule has 11 heavy (non-hydrogen) atoms. The molecule has 1 saturated carbocycles. The molecular formula is C10H19N. The van der Waals surface area contributed by atoms with Crippen molar-refractivity contribution in [3.05, 3.63) is 0 Å². The van der Waals surface area contributed by atoms with Gasteiger partial charge in [-0.15, -0.1) is 0 Å². The zero-order chi connectivity index (χ0) is 7.95. The lowest BCUT2D eigenvalue weighted by Gasteiger charge is -2.53.